The van der Waals surface area contributed by atoms with Crippen LogP contribution in [0.15, 0.2) is 24.8 Å². The minimum atomic E-state index is 1.02. The van der Waals surface area contributed by atoms with Crippen molar-refractivity contribution in [1.29, 1.82) is 0 Å². The Morgan fingerprint density at radius 3 is 2.00 bits per heavy atom. The molecule has 5 heavy (non-hydrogen) atoms. The topological polar surface area (TPSA) is 0 Å². The molecular formula is C5H8. The van der Waals surface area contributed by atoms with Crippen molar-refractivity contribution in [1.82, 2.24) is 0 Å². The van der Waals surface area contributed by atoms with Crippen LogP contribution in [0.2, 0.25) is 0 Å². The maximum Gasteiger partial charge on any atom is -0.0404 e. The Bertz CT molecular complexity index is 51.1. The van der Waals surface area contributed by atoms with E-state index >= 15 is 0 Å². The predicted molar refractivity (Wildman–Crippen MR) is 25.0 cm³/mol. The molecule has 0 aliphatic heterocycles. The molecule has 0 N–H and O–H groups in total. The predicted octanol–water partition coefficient (Wildman–Crippen LogP) is 1.75. The summed E-state index contributed by atoms with van der Waals surface area (Å²) in [4.78, 5) is 0. The molecule has 0 unspecified atom stereocenters. The van der Waals surface area contributed by atoms with Crippen molar-refractivity contribution in [3.63, 3.8) is 0 Å². The summed E-state index contributed by atoms with van der Waals surface area (Å²) >= 11 is 0. The molecule has 0 nitrogen and oxygen atoms in total. The SMILES string of the molecule is C=[13CH]C(=C)C. The largest absolute Gasteiger partial charge is 0.0988 e. The van der Waals surface area contributed by atoms with Gasteiger partial charge in [-0.05, 0) is 6.92 Å². The van der Waals surface area contributed by atoms with Gasteiger partial charge in [-0.25, -0.2) is 0 Å². The third-order valence-corrected chi connectivity index (χ3v) is 0.348. The Morgan fingerprint density at radius 1 is 1.80 bits per heavy atom. The second-order valence-corrected chi connectivity index (χ2v) is 1.05. The van der Waals surface area contributed by atoms with Crippen molar-refractivity contribution < 1.29 is 0 Å². The molecule has 0 fully saturated rings. The first kappa shape index (κ1) is 4.48. The Hall–Kier alpha value is -0.520. The van der Waals surface area contributed by atoms with Gasteiger partial charge in [0.2, 0.25) is 0 Å². The molecule has 0 heteroatoms. The van der Waals surface area contributed by atoms with E-state index in [0.717, 1.165) is 5.57 Å². The molecule has 0 atom stereocenters. The fourth-order valence-electron chi connectivity index (χ4n) is 0. The van der Waals surface area contributed by atoms with Gasteiger partial charge in [-0.3, -0.25) is 0 Å². The van der Waals surface area contributed by atoms with Crippen LogP contribution in [0, 0.1) is 0 Å². The van der Waals surface area contributed by atoms with Gasteiger partial charge in [0.1, 0.15) is 0 Å². The number of hydrogen-bond acceptors (Lipinski definition) is 0. The van der Waals surface area contributed by atoms with Crippen molar-refractivity contribution in [2.75, 3.05) is 0 Å². The van der Waals surface area contributed by atoms with Gasteiger partial charge >= 0.3 is 0 Å². The lowest BCUT2D eigenvalue weighted by Gasteiger charge is -1.71. The fraction of sp³-hybridized carbons (Fsp3) is 0.200. The summed E-state index contributed by atoms with van der Waals surface area (Å²) in [6.45, 7) is 8.93. The lowest BCUT2D eigenvalue weighted by atomic mass is 10.5. The summed E-state index contributed by atoms with van der Waals surface area (Å²) in [6.07, 6.45) is 1.72. The average molecular weight is 69.1 g/mol. The molecule has 0 saturated heterocycles. The normalized spacial score (nSPS) is 6.60. The summed E-state index contributed by atoms with van der Waals surface area (Å²) in [5, 5.41) is 0. The maximum absolute atomic E-state index is 3.56. The van der Waals surface area contributed by atoms with Gasteiger partial charge in [0.05, 0.1) is 0 Å². The van der Waals surface area contributed by atoms with Crippen LogP contribution in [0.1, 0.15) is 6.92 Å². The highest BCUT2D eigenvalue weighted by molar-refractivity contribution is 5.05. The lowest BCUT2D eigenvalue weighted by molar-refractivity contribution is 1.58. The first-order chi connectivity index (χ1) is 2.27. The van der Waals surface area contributed by atoms with E-state index < -0.39 is 0 Å². The van der Waals surface area contributed by atoms with E-state index in [1.165, 1.54) is 0 Å². The molecule has 0 spiro atoms. The standard InChI is InChI=1S/C5H8/c1-4-5(2)3/h4H,1-2H2,3H3/i4+1. The molecule has 0 aliphatic carbocycles. The van der Waals surface area contributed by atoms with E-state index in [1.54, 1.807) is 6.08 Å². The monoisotopic (exact) mass is 69.1 g/mol. The van der Waals surface area contributed by atoms with Gasteiger partial charge in [0, 0.05) is 0 Å². The minimum Gasteiger partial charge on any atom is -0.0988 e. The van der Waals surface area contributed by atoms with Crippen LogP contribution in [0.3, 0.4) is 0 Å². The molecule has 0 radical (unpaired) electrons. The van der Waals surface area contributed by atoms with E-state index in [-0.39, 0.29) is 0 Å². The van der Waals surface area contributed by atoms with Gasteiger partial charge in [-0.2, -0.15) is 0 Å². The van der Waals surface area contributed by atoms with Gasteiger partial charge < -0.3 is 0 Å². The van der Waals surface area contributed by atoms with Crippen molar-refractivity contribution in [2.45, 2.75) is 6.92 Å². The zero-order chi connectivity index (χ0) is 4.28. The van der Waals surface area contributed by atoms with Crippen molar-refractivity contribution in [3.8, 4) is 0 Å². The summed E-state index contributed by atoms with van der Waals surface area (Å²) in [6, 6.07) is 0. The molecule has 28 valence electrons. The van der Waals surface area contributed by atoms with Crippen LogP contribution in [0.5, 0.6) is 0 Å². The van der Waals surface area contributed by atoms with Crippen molar-refractivity contribution in [2.24, 2.45) is 0 Å². The molecule has 0 aromatic heterocycles. The summed E-state index contributed by atoms with van der Waals surface area (Å²) in [5.41, 5.74) is 1.02. The van der Waals surface area contributed by atoms with E-state index in [4.69, 9.17) is 0 Å². The summed E-state index contributed by atoms with van der Waals surface area (Å²) in [7, 11) is 0. The van der Waals surface area contributed by atoms with Crippen molar-refractivity contribution in [3.05, 3.63) is 24.8 Å². The number of hydrogen-bond donors (Lipinski definition) is 0. The molecule has 0 saturated carbocycles. The molecule has 0 aliphatic rings. The van der Waals surface area contributed by atoms with E-state index in [9.17, 15) is 0 Å². The second kappa shape index (κ2) is 1.77. The fourth-order valence-corrected chi connectivity index (χ4v) is 0. The molecule has 0 amide bonds. The van der Waals surface area contributed by atoms with Crippen LogP contribution < -0.4 is 0 Å². The molecule has 0 aromatic carbocycles. The highest BCUT2D eigenvalue weighted by atomic mass is 14.0. The quantitative estimate of drug-likeness (QED) is 0.325. The zero-order valence-electron chi connectivity index (χ0n) is 3.49. The molecule has 0 bridgehead atoms. The summed E-state index contributed by atoms with van der Waals surface area (Å²) in [5.74, 6) is 0. The minimum absolute atomic E-state index is 1.02. The van der Waals surface area contributed by atoms with Crippen molar-refractivity contribution >= 4 is 0 Å². The van der Waals surface area contributed by atoms with Crippen LogP contribution in [-0.2, 0) is 0 Å². The van der Waals surface area contributed by atoms with Crippen LogP contribution >= 0.6 is 0 Å². The molecule has 0 heterocycles. The summed E-state index contributed by atoms with van der Waals surface area (Å²) < 4.78 is 0. The first-order valence-electron chi connectivity index (χ1n) is 1.55. The van der Waals surface area contributed by atoms with Gasteiger partial charge in [-0.15, -0.1) is 0 Å². The van der Waals surface area contributed by atoms with E-state index in [0.29, 0.717) is 0 Å². The Labute approximate surface area is 32.8 Å². The number of allylic oxidation sites excluding steroid dienone is 2. The Balaban J connectivity index is 3.20. The van der Waals surface area contributed by atoms with Crippen LogP contribution in [0.25, 0.3) is 0 Å². The zero-order valence-corrected chi connectivity index (χ0v) is 3.49. The Morgan fingerprint density at radius 2 is 2.00 bits per heavy atom. The van der Waals surface area contributed by atoms with Gasteiger partial charge in [0.15, 0.2) is 0 Å². The lowest BCUT2D eigenvalue weighted by Crippen LogP contribution is -1.50. The number of rotatable bonds is 1. The second-order valence-electron chi connectivity index (χ2n) is 1.05. The molecular weight excluding hydrogens is 61.0 g/mol. The average Bonchev–Trinajstić information content (AvgIpc) is 1.38. The highest BCUT2D eigenvalue weighted by Crippen LogP contribution is 1.81. The van der Waals surface area contributed by atoms with Gasteiger partial charge in [-0.1, -0.05) is 24.8 Å². The van der Waals surface area contributed by atoms with Crippen LogP contribution in [0.4, 0.5) is 0 Å². The van der Waals surface area contributed by atoms with E-state index in [1.807, 2.05) is 6.92 Å². The van der Waals surface area contributed by atoms with Crippen LogP contribution in [-0.4, -0.2) is 0 Å². The van der Waals surface area contributed by atoms with E-state index in [2.05, 4.69) is 13.2 Å². The molecule has 0 rings (SSSR count). The third-order valence-electron chi connectivity index (χ3n) is 0.348. The highest BCUT2D eigenvalue weighted by Gasteiger charge is 1.59. The Kier molecular flexibility index (Phi) is 1.58. The maximum atomic E-state index is 3.56. The van der Waals surface area contributed by atoms with Gasteiger partial charge in [0.25, 0.3) is 0 Å². The molecule has 0 aromatic rings. The smallest absolute Gasteiger partial charge is 0.0404 e. The first-order valence-corrected chi connectivity index (χ1v) is 1.55. The third kappa shape index (κ3) is 3.48.